The van der Waals surface area contributed by atoms with E-state index in [1.807, 2.05) is 6.07 Å². The van der Waals surface area contributed by atoms with E-state index in [9.17, 15) is 9.18 Å². The van der Waals surface area contributed by atoms with Gasteiger partial charge in [0, 0.05) is 7.05 Å². The summed E-state index contributed by atoms with van der Waals surface area (Å²) in [4.78, 5) is 16.0. The van der Waals surface area contributed by atoms with Crippen molar-refractivity contribution in [3.8, 4) is 6.07 Å². The maximum Gasteiger partial charge on any atom is 0.274 e. The lowest BCUT2D eigenvalue weighted by atomic mass is 10.2. The molecule has 0 bridgehead atoms. The second kappa shape index (κ2) is 5.80. The van der Waals surface area contributed by atoms with Gasteiger partial charge in [0.05, 0.1) is 17.3 Å². The highest BCUT2D eigenvalue weighted by Gasteiger charge is 2.11. The van der Waals surface area contributed by atoms with E-state index in [2.05, 4.69) is 15.6 Å². The molecule has 0 atom stereocenters. The number of benzene rings is 1. The molecule has 0 saturated heterocycles. The first-order valence-corrected chi connectivity index (χ1v) is 5.80. The molecule has 5 nitrogen and oxygen atoms in total. The molecule has 0 unspecified atom stereocenters. The van der Waals surface area contributed by atoms with E-state index in [0.717, 1.165) is 6.07 Å². The molecule has 1 aromatic heterocycles. The predicted molar refractivity (Wildman–Crippen MR) is 72.9 cm³/mol. The van der Waals surface area contributed by atoms with Gasteiger partial charge in [-0.1, -0.05) is 6.07 Å². The molecule has 1 aromatic carbocycles. The number of hydrogen-bond donors (Lipinski definition) is 2. The Morgan fingerprint density at radius 1 is 1.35 bits per heavy atom. The second-order valence-corrected chi connectivity index (χ2v) is 3.92. The van der Waals surface area contributed by atoms with Crippen molar-refractivity contribution in [2.45, 2.75) is 0 Å². The van der Waals surface area contributed by atoms with Gasteiger partial charge in [-0.2, -0.15) is 5.26 Å². The summed E-state index contributed by atoms with van der Waals surface area (Å²) in [7, 11) is 1.68. The molecule has 0 saturated carbocycles. The van der Waals surface area contributed by atoms with Crippen LogP contribution in [0.3, 0.4) is 0 Å². The van der Waals surface area contributed by atoms with E-state index < -0.39 is 11.7 Å². The Hall–Kier alpha value is -2.94. The van der Waals surface area contributed by atoms with Gasteiger partial charge < -0.3 is 10.6 Å². The average molecular weight is 270 g/mol. The van der Waals surface area contributed by atoms with Crippen LogP contribution in [0.1, 0.15) is 16.1 Å². The number of halogens is 1. The summed E-state index contributed by atoms with van der Waals surface area (Å²) >= 11 is 0. The van der Waals surface area contributed by atoms with Gasteiger partial charge in [-0.15, -0.1) is 0 Å². The van der Waals surface area contributed by atoms with E-state index in [1.54, 1.807) is 19.2 Å². The van der Waals surface area contributed by atoms with Gasteiger partial charge in [0.1, 0.15) is 17.3 Å². The van der Waals surface area contributed by atoms with Crippen LogP contribution in [0.25, 0.3) is 0 Å². The topological polar surface area (TPSA) is 77.8 Å². The van der Waals surface area contributed by atoms with Crippen LogP contribution < -0.4 is 10.6 Å². The summed E-state index contributed by atoms with van der Waals surface area (Å²) < 4.78 is 13.7. The van der Waals surface area contributed by atoms with Gasteiger partial charge in [-0.05, 0) is 30.3 Å². The third-order valence-electron chi connectivity index (χ3n) is 2.58. The molecule has 0 spiro atoms. The largest absolute Gasteiger partial charge is 0.373 e. The smallest absolute Gasteiger partial charge is 0.274 e. The number of rotatable bonds is 3. The molecule has 6 heteroatoms. The van der Waals surface area contributed by atoms with Crippen LogP contribution in [0.15, 0.2) is 36.4 Å². The van der Waals surface area contributed by atoms with Crippen molar-refractivity contribution in [3.05, 3.63) is 53.5 Å². The van der Waals surface area contributed by atoms with Crippen LogP contribution in [0.5, 0.6) is 0 Å². The Morgan fingerprint density at radius 3 is 2.80 bits per heavy atom. The Morgan fingerprint density at radius 2 is 2.15 bits per heavy atom. The maximum absolute atomic E-state index is 13.7. The summed E-state index contributed by atoms with van der Waals surface area (Å²) in [5, 5.41) is 13.9. The molecule has 20 heavy (non-hydrogen) atoms. The quantitative estimate of drug-likeness (QED) is 0.897. The zero-order chi connectivity index (χ0) is 14.5. The molecule has 0 aliphatic rings. The molecule has 2 N–H and O–H groups in total. The number of carbonyl (C=O) groups excluding carboxylic acids is 1. The van der Waals surface area contributed by atoms with Crippen LogP contribution in [-0.2, 0) is 0 Å². The minimum atomic E-state index is -0.665. The molecular weight excluding hydrogens is 259 g/mol. The Kier molecular flexibility index (Phi) is 3.91. The first-order valence-electron chi connectivity index (χ1n) is 5.80. The van der Waals surface area contributed by atoms with Crippen molar-refractivity contribution in [2.24, 2.45) is 0 Å². The van der Waals surface area contributed by atoms with Crippen molar-refractivity contribution < 1.29 is 9.18 Å². The van der Waals surface area contributed by atoms with Crippen LogP contribution in [-0.4, -0.2) is 17.9 Å². The van der Waals surface area contributed by atoms with Crippen LogP contribution in [0.4, 0.5) is 15.9 Å². The van der Waals surface area contributed by atoms with Crippen molar-refractivity contribution in [1.82, 2.24) is 4.98 Å². The van der Waals surface area contributed by atoms with E-state index in [1.165, 1.54) is 18.2 Å². The number of hydrogen-bond acceptors (Lipinski definition) is 4. The van der Waals surface area contributed by atoms with Crippen molar-refractivity contribution in [3.63, 3.8) is 0 Å². The maximum atomic E-state index is 13.7. The lowest BCUT2D eigenvalue weighted by Gasteiger charge is -2.07. The van der Waals surface area contributed by atoms with Gasteiger partial charge in [0.15, 0.2) is 0 Å². The highest BCUT2D eigenvalue weighted by molar-refractivity contribution is 6.03. The minimum Gasteiger partial charge on any atom is -0.373 e. The van der Waals surface area contributed by atoms with Gasteiger partial charge in [-0.3, -0.25) is 4.79 Å². The highest BCUT2D eigenvalue weighted by atomic mass is 19.1. The number of nitrogens with zero attached hydrogens (tertiary/aromatic N) is 2. The van der Waals surface area contributed by atoms with Crippen LogP contribution in [0.2, 0.25) is 0 Å². The molecule has 2 aromatic rings. The normalized spacial score (nSPS) is 9.65. The lowest BCUT2D eigenvalue weighted by molar-refractivity contribution is 0.102. The zero-order valence-electron chi connectivity index (χ0n) is 10.6. The number of aromatic nitrogens is 1. The molecule has 0 fully saturated rings. The molecule has 0 aliphatic carbocycles. The number of amides is 1. The lowest BCUT2D eigenvalue weighted by Crippen LogP contribution is -2.15. The number of nitrogens with one attached hydrogen (secondary N) is 2. The summed E-state index contributed by atoms with van der Waals surface area (Å²) in [6.45, 7) is 0. The Bertz CT molecular complexity index is 694. The molecular formula is C14H11FN4O. The fraction of sp³-hybridized carbons (Fsp3) is 0.0714. The summed E-state index contributed by atoms with van der Waals surface area (Å²) in [6, 6.07) is 10.6. The van der Waals surface area contributed by atoms with Crippen molar-refractivity contribution in [2.75, 3.05) is 17.7 Å². The monoisotopic (exact) mass is 270 g/mol. The zero-order valence-corrected chi connectivity index (χ0v) is 10.6. The average Bonchev–Trinajstić information content (AvgIpc) is 2.49. The Labute approximate surface area is 115 Å². The fourth-order valence-corrected chi connectivity index (χ4v) is 1.57. The predicted octanol–water partition coefficient (Wildman–Crippen LogP) is 2.39. The molecule has 2 rings (SSSR count). The SMILES string of the molecule is CNc1cccc(C(=O)Nc2ccc(C#N)cc2F)n1. The van der Waals surface area contributed by atoms with Crippen LogP contribution >= 0.6 is 0 Å². The van der Waals surface area contributed by atoms with Gasteiger partial charge in [0.2, 0.25) is 0 Å². The van der Waals surface area contributed by atoms with Crippen molar-refractivity contribution in [1.29, 1.82) is 5.26 Å². The fourth-order valence-electron chi connectivity index (χ4n) is 1.57. The Balaban J connectivity index is 2.21. The molecule has 0 aliphatic heterocycles. The minimum absolute atomic E-state index is 0.00524. The van der Waals surface area contributed by atoms with Gasteiger partial charge in [0.25, 0.3) is 5.91 Å². The number of carbonyl (C=O) groups is 1. The van der Waals surface area contributed by atoms with Crippen LogP contribution in [0, 0.1) is 17.1 Å². The van der Waals surface area contributed by atoms with E-state index in [-0.39, 0.29) is 16.9 Å². The molecule has 0 radical (unpaired) electrons. The number of pyridine rings is 1. The number of anilines is 2. The summed E-state index contributed by atoms with van der Waals surface area (Å²) in [5.74, 6) is -0.647. The first-order chi connectivity index (χ1) is 9.63. The van der Waals surface area contributed by atoms with E-state index in [0.29, 0.717) is 5.82 Å². The standard InChI is InChI=1S/C14H11FN4O/c1-17-13-4-2-3-12(18-13)14(20)19-11-6-5-9(8-16)7-10(11)15/h2-7H,1H3,(H,17,18)(H,19,20). The summed E-state index contributed by atoms with van der Waals surface area (Å²) in [6.07, 6.45) is 0. The third kappa shape index (κ3) is 2.90. The second-order valence-electron chi connectivity index (χ2n) is 3.92. The van der Waals surface area contributed by atoms with Gasteiger partial charge >= 0.3 is 0 Å². The summed E-state index contributed by atoms with van der Waals surface area (Å²) in [5.41, 5.74) is 0.363. The van der Waals surface area contributed by atoms with E-state index >= 15 is 0 Å². The number of nitriles is 1. The van der Waals surface area contributed by atoms with Gasteiger partial charge in [-0.25, -0.2) is 9.37 Å². The highest BCUT2D eigenvalue weighted by Crippen LogP contribution is 2.16. The van der Waals surface area contributed by atoms with E-state index in [4.69, 9.17) is 5.26 Å². The molecule has 100 valence electrons. The first kappa shape index (κ1) is 13.5. The molecule has 1 amide bonds. The van der Waals surface area contributed by atoms with Crippen molar-refractivity contribution >= 4 is 17.4 Å². The molecule has 1 heterocycles. The third-order valence-corrected chi connectivity index (χ3v) is 2.58.